The number of nitrogens with zero attached hydrogens (tertiary/aromatic N) is 2. The van der Waals surface area contributed by atoms with Crippen LogP contribution in [0.2, 0.25) is 5.15 Å². The van der Waals surface area contributed by atoms with Crippen LogP contribution in [-0.4, -0.2) is 31.1 Å². The summed E-state index contributed by atoms with van der Waals surface area (Å²) in [6.45, 7) is 5.19. The number of alkyl carbamates (subject to hydrolysis) is 1. The first-order valence-corrected chi connectivity index (χ1v) is 11.0. The second kappa shape index (κ2) is 9.55. The van der Waals surface area contributed by atoms with Gasteiger partial charge in [-0.15, -0.1) is 4.40 Å². The number of carbonyl (C=O) groups excluding carboxylic acids is 1. The molecule has 0 aliphatic heterocycles. The summed E-state index contributed by atoms with van der Waals surface area (Å²) in [6, 6.07) is 9.36. The molecule has 0 saturated carbocycles. The van der Waals surface area contributed by atoms with Crippen molar-refractivity contribution in [3.8, 4) is 0 Å². The molecule has 2 rings (SSSR count). The Morgan fingerprint density at radius 3 is 2.52 bits per heavy atom. The molecule has 2 N–H and O–H groups in total. The molecule has 1 aromatic heterocycles. The summed E-state index contributed by atoms with van der Waals surface area (Å²) in [6.07, 6.45) is 0.666. The van der Waals surface area contributed by atoms with Crippen molar-refractivity contribution in [2.75, 3.05) is 0 Å². The van der Waals surface area contributed by atoms with Crippen LogP contribution in [0.25, 0.3) is 0 Å². The molecule has 0 spiro atoms. The highest BCUT2D eigenvalue weighted by molar-refractivity contribution is 9.10. The molecule has 2 aromatic rings. The van der Waals surface area contributed by atoms with Crippen molar-refractivity contribution in [2.24, 2.45) is 4.40 Å². The van der Waals surface area contributed by atoms with E-state index in [0.29, 0.717) is 15.2 Å². The number of benzene rings is 1. The van der Waals surface area contributed by atoms with Gasteiger partial charge in [0, 0.05) is 12.7 Å². The first kappa shape index (κ1) is 23.1. The van der Waals surface area contributed by atoms with Crippen LogP contribution in [0.15, 0.2) is 56.4 Å². The minimum atomic E-state index is -4.06. The van der Waals surface area contributed by atoms with Gasteiger partial charge in [0.15, 0.2) is 0 Å². The van der Waals surface area contributed by atoms with Crippen molar-refractivity contribution in [1.29, 1.82) is 0 Å². The molecule has 1 amide bonds. The fourth-order valence-corrected chi connectivity index (χ4v) is 3.47. The molecule has 0 saturated heterocycles. The predicted octanol–water partition coefficient (Wildman–Crippen LogP) is 3.86. The molecule has 1 heterocycles. The normalized spacial score (nSPS) is 12.4. The van der Waals surface area contributed by atoms with E-state index in [1.807, 2.05) is 0 Å². The van der Waals surface area contributed by atoms with Gasteiger partial charge < -0.3 is 10.1 Å². The maximum atomic E-state index is 12.6. The number of halogens is 2. The van der Waals surface area contributed by atoms with Crippen LogP contribution in [0.5, 0.6) is 0 Å². The number of pyridine rings is 1. The fourth-order valence-electron chi connectivity index (χ4n) is 2.01. The number of hydrogen-bond donors (Lipinski definition) is 2. The molecule has 0 aliphatic rings. The fraction of sp³-hybridized carbons (Fsp3) is 0.278. The van der Waals surface area contributed by atoms with Crippen LogP contribution in [0.4, 0.5) is 4.79 Å². The number of sulfonamides is 1. The second-order valence-corrected chi connectivity index (χ2v) is 9.64. The molecule has 0 atom stereocenters. The van der Waals surface area contributed by atoms with Gasteiger partial charge in [-0.05, 0) is 60.5 Å². The van der Waals surface area contributed by atoms with Crippen molar-refractivity contribution in [2.45, 2.75) is 37.8 Å². The molecule has 1 aromatic carbocycles. The zero-order chi connectivity index (χ0) is 21.7. The summed E-state index contributed by atoms with van der Waals surface area (Å²) in [5.74, 6) is -0.283. The van der Waals surface area contributed by atoms with Crippen LogP contribution in [0.3, 0.4) is 0 Å². The Hall–Kier alpha value is -2.17. The van der Waals surface area contributed by atoms with Crippen LogP contribution in [0.1, 0.15) is 26.3 Å². The van der Waals surface area contributed by atoms with E-state index in [1.165, 1.54) is 18.3 Å². The molecule has 8 nitrogen and oxygen atoms in total. The van der Waals surface area contributed by atoms with Gasteiger partial charge in [0.1, 0.15) is 10.8 Å². The lowest BCUT2D eigenvalue weighted by molar-refractivity contribution is 0.0561. The second-order valence-electron chi connectivity index (χ2n) is 6.82. The third-order valence-electron chi connectivity index (χ3n) is 3.18. The maximum Gasteiger partial charge on any atom is 0.414 e. The lowest BCUT2D eigenvalue weighted by Crippen LogP contribution is -2.43. The summed E-state index contributed by atoms with van der Waals surface area (Å²) >= 11 is 9.14. The average molecular weight is 504 g/mol. The van der Waals surface area contributed by atoms with E-state index >= 15 is 0 Å². The van der Waals surface area contributed by atoms with E-state index in [-0.39, 0.29) is 17.4 Å². The van der Waals surface area contributed by atoms with Gasteiger partial charge in [-0.25, -0.2) is 9.78 Å². The highest BCUT2D eigenvalue weighted by Gasteiger charge is 2.20. The number of carbonyl (C=O) groups is 1. The third-order valence-corrected chi connectivity index (χ3v) is 5.61. The molecule has 0 bridgehead atoms. The molecule has 0 fully saturated rings. The van der Waals surface area contributed by atoms with E-state index in [4.69, 9.17) is 16.3 Å². The monoisotopic (exact) mass is 502 g/mol. The van der Waals surface area contributed by atoms with Gasteiger partial charge in [0.2, 0.25) is 5.96 Å². The molecular weight excluding hydrogens is 484 g/mol. The molecule has 0 aliphatic carbocycles. The van der Waals surface area contributed by atoms with Gasteiger partial charge in [-0.3, -0.25) is 5.32 Å². The summed E-state index contributed by atoms with van der Waals surface area (Å²) in [5.41, 5.74) is -0.0876. The smallest absolute Gasteiger partial charge is 0.414 e. The average Bonchev–Trinajstić information content (AvgIpc) is 2.61. The molecule has 11 heteroatoms. The van der Waals surface area contributed by atoms with E-state index in [9.17, 15) is 13.2 Å². The van der Waals surface area contributed by atoms with Gasteiger partial charge in [-0.2, -0.15) is 8.42 Å². The van der Waals surface area contributed by atoms with E-state index in [0.717, 1.165) is 0 Å². The topological polar surface area (TPSA) is 110 Å². The van der Waals surface area contributed by atoms with Gasteiger partial charge in [0.25, 0.3) is 10.0 Å². The highest BCUT2D eigenvalue weighted by Crippen LogP contribution is 2.20. The largest absolute Gasteiger partial charge is 0.444 e. The Balaban J connectivity index is 2.27. The lowest BCUT2D eigenvalue weighted by Gasteiger charge is -2.20. The first-order chi connectivity index (χ1) is 13.5. The van der Waals surface area contributed by atoms with Crippen molar-refractivity contribution >= 4 is 49.6 Å². The molecule has 29 heavy (non-hydrogen) atoms. The van der Waals surface area contributed by atoms with Gasteiger partial charge in [0.05, 0.1) is 9.37 Å². The van der Waals surface area contributed by atoms with Crippen LogP contribution < -0.4 is 10.6 Å². The predicted molar refractivity (Wildman–Crippen MR) is 114 cm³/mol. The molecular formula is C18H20BrClN4O4S. The summed E-state index contributed by atoms with van der Waals surface area (Å²) < 4.78 is 34.6. The molecule has 156 valence electrons. The minimum absolute atomic E-state index is 0.0128. The number of aromatic nitrogens is 1. The Labute approximate surface area is 182 Å². The zero-order valence-electron chi connectivity index (χ0n) is 15.9. The first-order valence-electron chi connectivity index (χ1n) is 8.40. The van der Waals surface area contributed by atoms with E-state index in [1.54, 1.807) is 45.0 Å². The number of amides is 1. The Morgan fingerprint density at radius 1 is 1.28 bits per heavy atom. The van der Waals surface area contributed by atoms with Crippen molar-refractivity contribution in [3.63, 3.8) is 0 Å². The number of guanidine groups is 1. The standard InChI is InChI=1S/C18H20BrClN4O4S/c1-18(2,3)28-17(25)23-16(22-11-12-9-14(19)15(20)21-10-12)24-29(26,27)13-7-5-4-6-8-13/h4-10H,11H2,1-3H3,(H2,22,23,24,25). The maximum absolute atomic E-state index is 12.6. The lowest BCUT2D eigenvalue weighted by atomic mass is 10.2. The van der Waals surface area contributed by atoms with Gasteiger partial charge >= 0.3 is 6.09 Å². The van der Waals surface area contributed by atoms with Crippen LogP contribution >= 0.6 is 27.5 Å². The Morgan fingerprint density at radius 2 is 1.93 bits per heavy atom. The summed E-state index contributed by atoms with van der Waals surface area (Å²) in [7, 11) is -4.06. The van der Waals surface area contributed by atoms with Crippen molar-refractivity contribution in [3.05, 3.63) is 57.8 Å². The zero-order valence-corrected chi connectivity index (χ0v) is 19.1. The van der Waals surface area contributed by atoms with E-state index in [2.05, 4.69) is 35.9 Å². The van der Waals surface area contributed by atoms with Crippen molar-refractivity contribution < 1.29 is 17.9 Å². The summed E-state index contributed by atoms with van der Waals surface area (Å²) in [5, 5.41) is 5.41. The number of nitrogens with one attached hydrogen (secondary N) is 2. The van der Waals surface area contributed by atoms with Crippen molar-refractivity contribution in [1.82, 2.24) is 15.6 Å². The third kappa shape index (κ3) is 7.64. The highest BCUT2D eigenvalue weighted by atomic mass is 79.9. The van der Waals surface area contributed by atoms with Gasteiger partial charge in [-0.1, -0.05) is 29.8 Å². The molecule has 0 unspecified atom stereocenters. The summed E-state index contributed by atoms with van der Waals surface area (Å²) in [4.78, 5) is 16.1. The van der Waals surface area contributed by atoms with Crippen LogP contribution in [-0.2, 0) is 21.3 Å². The molecule has 0 radical (unpaired) electrons. The SMILES string of the molecule is CC(C)(C)OC(=O)N/C(=N\S(=O)(=O)c1ccccc1)NCc1cnc(Cl)c(Br)c1. The quantitative estimate of drug-likeness (QED) is 0.372. The number of hydrogen-bond acceptors (Lipinski definition) is 5. The minimum Gasteiger partial charge on any atom is -0.444 e. The number of ether oxygens (including phenoxy) is 1. The number of rotatable bonds is 4. The Kier molecular flexibility index (Phi) is 7.61. The van der Waals surface area contributed by atoms with E-state index < -0.39 is 21.7 Å². The Bertz CT molecular complexity index is 1010. The van der Waals surface area contributed by atoms with Crippen LogP contribution in [0, 0.1) is 0 Å².